The minimum absolute atomic E-state index is 0.195. The molecule has 0 radical (unpaired) electrons. The molecule has 2 N–H and O–H groups in total. The summed E-state index contributed by atoms with van der Waals surface area (Å²) >= 11 is 12.0. The molecular weight excluding hydrogens is 316 g/mol. The molecule has 0 saturated heterocycles. The third-order valence-electron chi connectivity index (χ3n) is 2.82. The normalized spacial score (nSPS) is 10.8. The van der Waals surface area contributed by atoms with Crippen LogP contribution < -0.4 is 5.73 Å². The van der Waals surface area contributed by atoms with Crippen LogP contribution in [0.4, 0.5) is 10.1 Å². The Labute approximate surface area is 129 Å². The molecule has 0 aliphatic heterocycles. The summed E-state index contributed by atoms with van der Waals surface area (Å²) in [5.41, 5.74) is 7.22. The highest BCUT2D eigenvalue weighted by atomic mass is 35.5. The van der Waals surface area contributed by atoms with Crippen molar-refractivity contribution in [3.63, 3.8) is 0 Å². The summed E-state index contributed by atoms with van der Waals surface area (Å²) < 4.78 is 18.2. The molecule has 21 heavy (non-hydrogen) atoms. The summed E-state index contributed by atoms with van der Waals surface area (Å²) in [5.74, 6) is 0.0162. The molecule has 0 atom stereocenters. The molecule has 3 rings (SSSR count). The first-order valence-corrected chi connectivity index (χ1v) is 6.65. The van der Waals surface area contributed by atoms with Crippen molar-refractivity contribution < 1.29 is 8.91 Å². The van der Waals surface area contributed by atoms with E-state index in [0.29, 0.717) is 21.8 Å². The van der Waals surface area contributed by atoms with Crippen molar-refractivity contribution in [1.29, 1.82) is 0 Å². The summed E-state index contributed by atoms with van der Waals surface area (Å²) in [4.78, 5) is 4.22. The summed E-state index contributed by atoms with van der Waals surface area (Å²) in [6.07, 6.45) is 0. The standard InChI is InChI=1S/C14H8Cl2FN3O/c15-11-4-2-8(18)6-10(11)14-19-13(20-21-14)9-3-1-7(17)5-12(9)16/h1-6H,18H2. The van der Waals surface area contributed by atoms with E-state index in [1.807, 2.05) is 0 Å². The minimum Gasteiger partial charge on any atom is -0.399 e. The second-order valence-electron chi connectivity index (χ2n) is 4.29. The van der Waals surface area contributed by atoms with Crippen molar-refractivity contribution in [3.8, 4) is 22.8 Å². The number of rotatable bonds is 2. The molecule has 0 aliphatic rings. The van der Waals surface area contributed by atoms with Gasteiger partial charge in [-0.25, -0.2) is 4.39 Å². The van der Waals surface area contributed by atoms with Gasteiger partial charge in [-0.05, 0) is 36.4 Å². The zero-order valence-corrected chi connectivity index (χ0v) is 12.0. The van der Waals surface area contributed by atoms with Gasteiger partial charge < -0.3 is 10.3 Å². The summed E-state index contributed by atoms with van der Waals surface area (Å²) in [6, 6.07) is 8.87. The van der Waals surface area contributed by atoms with Gasteiger partial charge in [0.15, 0.2) is 0 Å². The van der Waals surface area contributed by atoms with Crippen LogP contribution in [0, 0.1) is 5.82 Å². The Kier molecular flexibility index (Phi) is 3.53. The minimum atomic E-state index is -0.439. The predicted octanol–water partition coefficient (Wildman–Crippen LogP) is 4.43. The number of benzene rings is 2. The van der Waals surface area contributed by atoms with E-state index >= 15 is 0 Å². The van der Waals surface area contributed by atoms with Crippen molar-refractivity contribution in [3.05, 3.63) is 52.3 Å². The van der Waals surface area contributed by atoms with Gasteiger partial charge >= 0.3 is 0 Å². The Hall–Kier alpha value is -2.11. The number of nitrogens with zero attached hydrogens (tertiary/aromatic N) is 2. The first-order valence-electron chi connectivity index (χ1n) is 5.89. The largest absolute Gasteiger partial charge is 0.399 e. The zero-order valence-electron chi connectivity index (χ0n) is 10.5. The number of nitrogens with two attached hydrogens (primary N) is 1. The van der Waals surface area contributed by atoms with Crippen molar-refractivity contribution in [2.45, 2.75) is 0 Å². The molecule has 0 bridgehead atoms. The second-order valence-corrected chi connectivity index (χ2v) is 5.10. The van der Waals surface area contributed by atoms with Gasteiger partial charge in [-0.1, -0.05) is 28.4 Å². The molecule has 2 aromatic carbocycles. The topological polar surface area (TPSA) is 64.9 Å². The maximum Gasteiger partial charge on any atom is 0.259 e. The Morgan fingerprint density at radius 3 is 2.57 bits per heavy atom. The van der Waals surface area contributed by atoms with E-state index in [4.69, 9.17) is 33.5 Å². The van der Waals surface area contributed by atoms with Crippen LogP contribution in [-0.4, -0.2) is 10.1 Å². The van der Waals surface area contributed by atoms with E-state index in [-0.39, 0.29) is 16.7 Å². The first-order chi connectivity index (χ1) is 10.0. The van der Waals surface area contributed by atoms with E-state index in [1.54, 1.807) is 18.2 Å². The first kappa shape index (κ1) is 13.9. The van der Waals surface area contributed by atoms with Gasteiger partial charge in [0.1, 0.15) is 5.82 Å². The average Bonchev–Trinajstić information content (AvgIpc) is 2.91. The smallest absolute Gasteiger partial charge is 0.259 e. The van der Waals surface area contributed by atoms with Crippen LogP contribution in [0.25, 0.3) is 22.8 Å². The van der Waals surface area contributed by atoms with Crippen molar-refractivity contribution >= 4 is 28.9 Å². The fourth-order valence-corrected chi connectivity index (χ4v) is 2.27. The van der Waals surface area contributed by atoms with Crippen LogP contribution in [0.15, 0.2) is 40.9 Å². The lowest BCUT2D eigenvalue weighted by atomic mass is 10.2. The molecular formula is C14H8Cl2FN3O. The second kappa shape index (κ2) is 5.35. The molecule has 4 nitrogen and oxygen atoms in total. The van der Waals surface area contributed by atoms with Crippen LogP contribution in [0.2, 0.25) is 10.0 Å². The van der Waals surface area contributed by atoms with E-state index in [9.17, 15) is 4.39 Å². The molecule has 1 heterocycles. The summed E-state index contributed by atoms with van der Waals surface area (Å²) in [7, 11) is 0. The monoisotopic (exact) mass is 323 g/mol. The van der Waals surface area contributed by atoms with Gasteiger partial charge in [0, 0.05) is 11.3 Å². The van der Waals surface area contributed by atoms with E-state index in [1.165, 1.54) is 18.2 Å². The van der Waals surface area contributed by atoms with Gasteiger partial charge in [-0.2, -0.15) is 4.98 Å². The zero-order chi connectivity index (χ0) is 15.0. The Balaban J connectivity index is 2.06. The number of nitrogen functional groups attached to an aromatic ring is 1. The maximum absolute atomic E-state index is 13.1. The molecule has 0 unspecified atom stereocenters. The number of hydrogen-bond donors (Lipinski definition) is 1. The SMILES string of the molecule is Nc1ccc(Cl)c(-c2nc(-c3ccc(F)cc3Cl)no2)c1. The van der Waals surface area contributed by atoms with Gasteiger partial charge in [0.05, 0.1) is 15.6 Å². The van der Waals surface area contributed by atoms with Gasteiger partial charge in [-0.15, -0.1) is 0 Å². The number of halogens is 3. The van der Waals surface area contributed by atoms with Gasteiger partial charge in [0.25, 0.3) is 5.89 Å². The maximum atomic E-state index is 13.1. The van der Waals surface area contributed by atoms with Gasteiger partial charge in [0.2, 0.25) is 5.82 Å². The molecule has 106 valence electrons. The lowest BCUT2D eigenvalue weighted by molar-refractivity contribution is 0.432. The van der Waals surface area contributed by atoms with E-state index in [0.717, 1.165) is 0 Å². The van der Waals surface area contributed by atoms with Crippen molar-refractivity contribution in [2.75, 3.05) is 5.73 Å². The van der Waals surface area contributed by atoms with E-state index in [2.05, 4.69) is 10.1 Å². The van der Waals surface area contributed by atoms with Gasteiger partial charge in [-0.3, -0.25) is 0 Å². The average molecular weight is 324 g/mol. The molecule has 1 aromatic heterocycles. The van der Waals surface area contributed by atoms with E-state index < -0.39 is 5.82 Å². The quantitative estimate of drug-likeness (QED) is 0.708. The Morgan fingerprint density at radius 1 is 1.00 bits per heavy atom. The van der Waals surface area contributed by atoms with Crippen molar-refractivity contribution in [1.82, 2.24) is 10.1 Å². The van der Waals surface area contributed by atoms with Crippen LogP contribution in [0.5, 0.6) is 0 Å². The molecule has 0 aliphatic carbocycles. The summed E-state index contributed by atoms with van der Waals surface area (Å²) in [6.45, 7) is 0. The lowest BCUT2D eigenvalue weighted by Gasteiger charge is -2.00. The Bertz CT molecular complexity index is 820. The van der Waals surface area contributed by atoms with Crippen LogP contribution in [0.3, 0.4) is 0 Å². The number of hydrogen-bond acceptors (Lipinski definition) is 4. The molecule has 7 heteroatoms. The fourth-order valence-electron chi connectivity index (χ4n) is 1.82. The number of aromatic nitrogens is 2. The highest BCUT2D eigenvalue weighted by Gasteiger charge is 2.16. The third-order valence-corrected chi connectivity index (χ3v) is 3.46. The third kappa shape index (κ3) is 2.70. The Morgan fingerprint density at radius 2 is 1.81 bits per heavy atom. The highest BCUT2D eigenvalue weighted by Crippen LogP contribution is 2.32. The number of anilines is 1. The fraction of sp³-hybridized carbons (Fsp3) is 0. The van der Waals surface area contributed by atoms with Crippen molar-refractivity contribution in [2.24, 2.45) is 0 Å². The molecule has 0 amide bonds. The van der Waals surface area contributed by atoms with Crippen LogP contribution in [-0.2, 0) is 0 Å². The lowest BCUT2D eigenvalue weighted by Crippen LogP contribution is -1.87. The molecule has 0 saturated carbocycles. The molecule has 0 spiro atoms. The van der Waals surface area contributed by atoms with Crippen LogP contribution >= 0.6 is 23.2 Å². The predicted molar refractivity (Wildman–Crippen MR) is 79.6 cm³/mol. The summed E-state index contributed by atoms with van der Waals surface area (Å²) in [5, 5.41) is 4.46. The molecule has 0 fully saturated rings. The highest BCUT2D eigenvalue weighted by molar-refractivity contribution is 6.33. The molecule has 3 aromatic rings. The van der Waals surface area contributed by atoms with Crippen LogP contribution in [0.1, 0.15) is 0 Å².